The minimum Gasteiger partial charge on any atom is -0.439 e. The third-order valence-corrected chi connectivity index (χ3v) is 3.15. The summed E-state index contributed by atoms with van der Waals surface area (Å²) in [6, 6.07) is 8.47. The molecule has 2 heterocycles. The zero-order chi connectivity index (χ0) is 11.7. The van der Waals surface area contributed by atoms with Crippen molar-refractivity contribution in [2.75, 3.05) is 19.6 Å². The van der Waals surface area contributed by atoms with Gasteiger partial charge in [-0.2, -0.15) is 0 Å². The van der Waals surface area contributed by atoms with E-state index in [-0.39, 0.29) is 0 Å². The molecule has 1 unspecified atom stereocenters. The third kappa shape index (κ3) is 2.33. The first-order chi connectivity index (χ1) is 8.31. The van der Waals surface area contributed by atoms with Gasteiger partial charge in [0.15, 0.2) is 5.58 Å². The van der Waals surface area contributed by atoms with Crippen molar-refractivity contribution >= 4 is 11.1 Å². The fourth-order valence-corrected chi connectivity index (χ4v) is 2.33. The Hall–Kier alpha value is -1.39. The number of hydrogen-bond donors (Lipinski definition) is 1. The highest BCUT2D eigenvalue weighted by atomic mass is 16.3. The van der Waals surface area contributed by atoms with E-state index >= 15 is 0 Å². The molecule has 0 spiro atoms. The van der Waals surface area contributed by atoms with Crippen LogP contribution in [0.5, 0.6) is 0 Å². The van der Waals surface area contributed by atoms with Crippen LogP contribution in [0.2, 0.25) is 0 Å². The number of piperazine rings is 1. The second-order valence-corrected chi connectivity index (χ2v) is 4.67. The number of nitrogens with one attached hydrogen (secondary N) is 1. The summed E-state index contributed by atoms with van der Waals surface area (Å²) in [5.41, 5.74) is 1.83. The van der Waals surface area contributed by atoms with Gasteiger partial charge in [-0.25, -0.2) is 4.98 Å². The third-order valence-electron chi connectivity index (χ3n) is 3.15. The summed E-state index contributed by atoms with van der Waals surface area (Å²) in [7, 11) is 0. The molecular weight excluding hydrogens is 214 g/mol. The van der Waals surface area contributed by atoms with Gasteiger partial charge in [-0.15, -0.1) is 0 Å². The number of hydrogen-bond acceptors (Lipinski definition) is 4. The van der Waals surface area contributed by atoms with Crippen molar-refractivity contribution in [1.29, 1.82) is 0 Å². The van der Waals surface area contributed by atoms with E-state index in [1.165, 1.54) is 0 Å². The lowest BCUT2D eigenvalue weighted by Crippen LogP contribution is -2.48. The maximum atomic E-state index is 5.73. The number of rotatable bonds is 2. The first-order valence-corrected chi connectivity index (χ1v) is 6.11. The zero-order valence-electron chi connectivity index (χ0n) is 10.0. The first kappa shape index (κ1) is 10.7. The highest BCUT2D eigenvalue weighted by molar-refractivity contribution is 5.72. The Balaban J connectivity index is 1.75. The van der Waals surface area contributed by atoms with Crippen LogP contribution in [0.15, 0.2) is 28.7 Å². The summed E-state index contributed by atoms with van der Waals surface area (Å²) in [6.07, 6.45) is 0. The van der Waals surface area contributed by atoms with E-state index in [2.05, 4.69) is 22.1 Å². The predicted molar refractivity (Wildman–Crippen MR) is 66.8 cm³/mol. The van der Waals surface area contributed by atoms with Crippen LogP contribution < -0.4 is 5.32 Å². The number of fused-ring (bicyclic) bond motifs is 1. The quantitative estimate of drug-likeness (QED) is 0.852. The molecule has 17 heavy (non-hydrogen) atoms. The van der Waals surface area contributed by atoms with E-state index in [1.54, 1.807) is 0 Å². The van der Waals surface area contributed by atoms with Crippen LogP contribution in [0.25, 0.3) is 11.1 Å². The normalized spacial score (nSPS) is 22.1. The fourth-order valence-electron chi connectivity index (χ4n) is 2.33. The highest BCUT2D eigenvalue weighted by Crippen LogP contribution is 2.16. The Labute approximate surface area is 101 Å². The van der Waals surface area contributed by atoms with E-state index in [4.69, 9.17) is 4.42 Å². The van der Waals surface area contributed by atoms with Crippen molar-refractivity contribution in [3.8, 4) is 0 Å². The Bertz CT molecular complexity index is 475. The average Bonchev–Trinajstić information content (AvgIpc) is 2.71. The topological polar surface area (TPSA) is 41.3 Å². The standard InChI is InChI=1S/C13H17N3O/c1-10-8-16(7-6-14-10)9-13-15-11-4-2-3-5-12(11)17-13/h2-5,10,14H,6-9H2,1H3. The molecule has 3 rings (SSSR count). The van der Waals surface area contributed by atoms with Crippen molar-refractivity contribution in [2.24, 2.45) is 0 Å². The van der Waals surface area contributed by atoms with Crippen LogP contribution in [-0.4, -0.2) is 35.6 Å². The van der Waals surface area contributed by atoms with Crippen LogP contribution in [0.4, 0.5) is 0 Å². The molecule has 0 radical (unpaired) electrons. The van der Waals surface area contributed by atoms with Crippen molar-refractivity contribution in [3.05, 3.63) is 30.2 Å². The van der Waals surface area contributed by atoms with Gasteiger partial charge in [0.1, 0.15) is 5.52 Å². The van der Waals surface area contributed by atoms with Crippen molar-refractivity contribution in [3.63, 3.8) is 0 Å². The van der Waals surface area contributed by atoms with Gasteiger partial charge in [0.25, 0.3) is 0 Å². The maximum absolute atomic E-state index is 5.73. The maximum Gasteiger partial charge on any atom is 0.209 e. The number of aromatic nitrogens is 1. The van der Waals surface area contributed by atoms with Gasteiger partial charge >= 0.3 is 0 Å². The highest BCUT2D eigenvalue weighted by Gasteiger charge is 2.17. The zero-order valence-corrected chi connectivity index (χ0v) is 10.0. The summed E-state index contributed by atoms with van der Waals surface area (Å²) >= 11 is 0. The van der Waals surface area contributed by atoms with Gasteiger partial charge < -0.3 is 9.73 Å². The second kappa shape index (κ2) is 4.47. The first-order valence-electron chi connectivity index (χ1n) is 6.11. The summed E-state index contributed by atoms with van der Waals surface area (Å²) in [5.74, 6) is 0.820. The van der Waals surface area contributed by atoms with Gasteiger partial charge in [-0.3, -0.25) is 4.90 Å². The monoisotopic (exact) mass is 231 g/mol. The van der Waals surface area contributed by atoms with Gasteiger partial charge in [-0.05, 0) is 19.1 Å². The molecule has 0 bridgehead atoms. The lowest BCUT2D eigenvalue weighted by Gasteiger charge is -2.30. The molecule has 1 N–H and O–H groups in total. The van der Waals surface area contributed by atoms with Gasteiger partial charge in [0.05, 0.1) is 6.54 Å². The molecule has 0 saturated carbocycles. The van der Waals surface area contributed by atoms with Crippen molar-refractivity contribution in [2.45, 2.75) is 19.5 Å². The van der Waals surface area contributed by atoms with E-state index in [0.29, 0.717) is 6.04 Å². The van der Waals surface area contributed by atoms with Gasteiger partial charge in [0, 0.05) is 25.7 Å². The van der Waals surface area contributed by atoms with Crippen molar-refractivity contribution in [1.82, 2.24) is 15.2 Å². The number of benzene rings is 1. The molecule has 1 saturated heterocycles. The molecule has 0 aliphatic carbocycles. The van der Waals surface area contributed by atoms with Crippen LogP contribution in [0, 0.1) is 0 Å². The smallest absolute Gasteiger partial charge is 0.209 e. The Morgan fingerprint density at radius 3 is 3.18 bits per heavy atom. The molecule has 4 heteroatoms. The molecular formula is C13H17N3O. The summed E-state index contributed by atoms with van der Waals surface area (Å²) in [4.78, 5) is 6.88. The lowest BCUT2D eigenvalue weighted by atomic mass is 10.2. The minimum atomic E-state index is 0.549. The average molecular weight is 231 g/mol. The summed E-state index contributed by atoms with van der Waals surface area (Å²) in [5, 5.41) is 3.43. The van der Waals surface area contributed by atoms with Crippen molar-refractivity contribution < 1.29 is 4.42 Å². The van der Waals surface area contributed by atoms with Crippen LogP contribution in [-0.2, 0) is 6.54 Å². The molecule has 1 aliphatic heterocycles. The van der Waals surface area contributed by atoms with Gasteiger partial charge in [-0.1, -0.05) is 12.1 Å². The Morgan fingerprint density at radius 2 is 2.35 bits per heavy atom. The van der Waals surface area contributed by atoms with E-state index in [9.17, 15) is 0 Å². The fraction of sp³-hybridized carbons (Fsp3) is 0.462. The predicted octanol–water partition coefficient (Wildman–Crippen LogP) is 1.62. The molecule has 0 amide bonds. The Kier molecular flexibility index (Phi) is 2.82. The van der Waals surface area contributed by atoms with E-state index in [1.807, 2.05) is 24.3 Å². The summed E-state index contributed by atoms with van der Waals surface area (Å²) in [6.45, 7) is 6.17. The lowest BCUT2D eigenvalue weighted by molar-refractivity contribution is 0.185. The number of nitrogens with zero attached hydrogens (tertiary/aromatic N) is 2. The Morgan fingerprint density at radius 1 is 1.47 bits per heavy atom. The summed E-state index contributed by atoms with van der Waals surface area (Å²) < 4.78 is 5.73. The largest absolute Gasteiger partial charge is 0.439 e. The second-order valence-electron chi connectivity index (χ2n) is 4.67. The number of oxazole rings is 1. The molecule has 90 valence electrons. The van der Waals surface area contributed by atoms with E-state index in [0.717, 1.165) is 43.2 Å². The molecule has 4 nitrogen and oxygen atoms in total. The SMILES string of the molecule is CC1CN(Cc2nc3ccccc3o2)CCN1. The molecule has 1 aromatic carbocycles. The van der Waals surface area contributed by atoms with Crippen LogP contribution in [0.1, 0.15) is 12.8 Å². The number of para-hydroxylation sites is 2. The minimum absolute atomic E-state index is 0.549. The van der Waals surface area contributed by atoms with Crippen LogP contribution >= 0.6 is 0 Å². The van der Waals surface area contributed by atoms with Gasteiger partial charge in [0.2, 0.25) is 5.89 Å². The van der Waals surface area contributed by atoms with E-state index < -0.39 is 0 Å². The molecule has 1 fully saturated rings. The molecule has 1 atom stereocenters. The molecule has 1 aliphatic rings. The molecule has 2 aromatic rings. The molecule has 1 aromatic heterocycles. The van der Waals surface area contributed by atoms with Crippen LogP contribution in [0.3, 0.4) is 0 Å².